The van der Waals surface area contributed by atoms with Gasteiger partial charge in [0, 0.05) is 16.5 Å². The minimum Gasteiger partial charge on any atom is -0.503 e. The van der Waals surface area contributed by atoms with Gasteiger partial charge in [-0.3, -0.25) is 4.79 Å². The number of H-pyrrole nitrogens is 1. The van der Waals surface area contributed by atoms with E-state index in [-0.39, 0.29) is 11.2 Å². The van der Waals surface area contributed by atoms with Crippen molar-refractivity contribution in [1.29, 1.82) is 0 Å². The van der Waals surface area contributed by atoms with Crippen LogP contribution in [0.4, 0.5) is 0 Å². The molecule has 0 aliphatic rings. The molecule has 3 nitrogen and oxygen atoms in total. The minimum atomic E-state index is -0.427. The highest BCUT2D eigenvalue weighted by Gasteiger charge is 2.23. The van der Waals surface area contributed by atoms with Gasteiger partial charge in [0.05, 0.1) is 0 Å². The number of aromatic hydroxyl groups is 1. The Balaban J connectivity index is 2.99. The Morgan fingerprint density at radius 3 is 2.44 bits per heavy atom. The zero-order valence-electron chi connectivity index (χ0n) is 9.66. The van der Waals surface area contributed by atoms with Gasteiger partial charge in [0.1, 0.15) is 0 Å². The smallest absolute Gasteiger partial charge is 0.290 e. The molecule has 0 aliphatic carbocycles. The molecule has 0 fully saturated rings. The fourth-order valence-electron chi connectivity index (χ4n) is 1.99. The fraction of sp³-hybridized carbons (Fsp3) is 0.308. The van der Waals surface area contributed by atoms with Gasteiger partial charge < -0.3 is 10.1 Å². The highest BCUT2D eigenvalue weighted by atomic mass is 16.3. The molecule has 84 valence electrons. The summed E-state index contributed by atoms with van der Waals surface area (Å²) in [6.07, 6.45) is 0. The summed E-state index contributed by atoms with van der Waals surface area (Å²) in [7, 11) is 0. The monoisotopic (exact) mass is 217 g/mol. The van der Waals surface area contributed by atoms with Crippen molar-refractivity contribution in [3.63, 3.8) is 0 Å². The summed E-state index contributed by atoms with van der Waals surface area (Å²) in [5, 5.41) is 10.8. The summed E-state index contributed by atoms with van der Waals surface area (Å²) in [6, 6.07) is 7.51. The molecule has 1 aromatic carbocycles. The van der Waals surface area contributed by atoms with Crippen LogP contribution in [0.5, 0.6) is 5.75 Å². The number of pyridine rings is 1. The molecule has 1 heterocycles. The highest BCUT2D eigenvalue weighted by molar-refractivity contribution is 5.84. The van der Waals surface area contributed by atoms with Gasteiger partial charge in [0.15, 0.2) is 5.75 Å². The van der Waals surface area contributed by atoms with Crippen molar-refractivity contribution >= 4 is 10.9 Å². The van der Waals surface area contributed by atoms with Crippen LogP contribution in [0.25, 0.3) is 10.9 Å². The van der Waals surface area contributed by atoms with Crippen molar-refractivity contribution in [3.05, 3.63) is 40.2 Å². The lowest BCUT2D eigenvalue weighted by atomic mass is 9.84. The van der Waals surface area contributed by atoms with Crippen LogP contribution >= 0.6 is 0 Å². The average molecular weight is 217 g/mol. The highest BCUT2D eigenvalue weighted by Crippen LogP contribution is 2.33. The first-order valence-electron chi connectivity index (χ1n) is 5.26. The number of fused-ring (bicyclic) bond motifs is 1. The second-order valence-electron chi connectivity index (χ2n) is 4.97. The molecule has 1 aromatic heterocycles. The van der Waals surface area contributed by atoms with E-state index in [0.29, 0.717) is 5.56 Å². The van der Waals surface area contributed by atoms with E-state index in [0.717, 1.165) is 10.9 Å². The molecule has 0 amide bonds. The molecule has 0 unspecified atom stereocenters. The van der Waals surface area contributed by atoms with E-state index in [9.17, 15) is 9.90 Å². The molecule has 0 spiro atoms. The Morgan fingerprint density at radius 2 is 1.81 bits per heavy atom. The van der Waals surface area contributed by atoms with Crippen LogP contribution in [0.2, 0.25) is 0 Å². The van der Waals surface area contributed by atoms with E-state index in [4.69, 9.17) is 0 Å². The maximum absolute atomic E-state index is 11.6. The van der Waals surface area contributed by atoms with E-state index < -0.39 is 5.56 Å². The third-order valence-corrected chi connectivity index (χ3v) is 2.65. The largest absolute Gasteiger partial charge is 0.503 e. The van der Waals surface area contributed by atoms with Crippen molar-refractivity contribution in [2.45, 2.75) is 26.2 Å². The number of nitrogens with one attached hydrogen (secondary N) is 1. The Morgan fingerprint density at radius 1 is 1.19 bits per heavy atom. The molecular formula is C13H15NO2. The van der Waals surface area contributed by atoms with Crippen molar-refractivity contribution < 1.29 is 5.11 Å². The number of benzene rings is 1. The van der Waals surface area contributed by atoms with Crippen LogP contribution < -0.4 is 5.56 Å². The Hall–Kier alpha value is -1.77. The lowest BCUT2D eigenvalue weighted by molar-refractivity contribution is 0.441. The summed E-state index contributed by atoms with van der Waals surface area (Å²) in [6.45, 7) is 5.94. The predicted molar refractivity (Wildman–Crippen MR) is 64.9 cm³/mol. The third-order valence-electron chi connectivity index (χ3n) is 2.65. The first kappa shape index (κ1) is 10.7. The lowest BCUT2D eigenvalue weighted by Crippen LogP contribution is -2.18. The molecule has 16 heavy (non-hydrogen) atoms. The standard InChI is InChI=1S/C13H15NO2/c1-13(2,3)10-8-6-4-5-7-9(8)14-12(16)11(10)15/h4-7,15H,1-3H3,(H,14,16). The van der Waals surface area contributed by atoms with Crippen molar-refractivity contribution in [2.24, 2.45) is 0 Å². The second-order valence-corrected chi connectivity index (χ2v) is 4.97. The van der Waals surface area contributed by atoms with E-state index >= 15 is 0 Å². The van der Waals surface area contributed by atoms with Crippen LogP contribution in [0.1, 0.15) is 26.3 Å². The summed E-state index contributed by atoms with van der Waals surface area (Å²) in [4.78, 5) is 14.3. The number of aromatic amines is 1. The van der Waals surface area contributed by atoms with Crippen LogP contribution in [0, 0.1) is 0 Å². The summed E-state index contributed by atoms with van der Waals surface area (Å²) < 4.78 is 0. The van der Waals surface area contributed by atoms with Gasteiger partial charge >= 0.3 is 0 Å². The van der Waals surface area contributed by atoms with Gasteiger partial charge in [-0.2, -0.15) is 0 Å². The Labute approximate surface area is 93.7 Å². The van der Waals surface area contributed by atoms with Crippen molar-refractivity contribution in [2.75, 3.05) is 0 Å². The molecule has 0 aliphatic heterocycles. The van der Waals surface area contributed by atoms with Crippen LogP contribution in [0.3, 0.4) is 0 Å². The average Bonchev–Trinajstić information content (AvgIpc) is 2.17. The predicted octanol–water partition coefficient (Wildman–Crippen LogP) is 2.53. The Kier molecular flexibility index (Phi) is 2.26. The normalized spacial score (nSPS) is 11.9. The van der Waals surface area contributed by atoms with Gasteiger partial charge in [0.25, 0.3) is 5.56 Å². The topological polar surface area (TPSA) is 53.1 Å². The maximum Gasteiger partial charge on any atom is 0.290 e. The lowest BCUT2D eigenvalue weighted by Gasteiger charge is -2.21. The van der Waals surface area contributed by atoms with Gasteiger partial charge in [-0.25, -0.2) is 0 Å². The van der Waals surface area contributed by atoms with Crippen LogP contribution in [-0.2, 0) is 5.41 Å². The van der Waals surface area contributed by atoms with Crippen molar-refractivity contribution in [1.82, 2.24) is 4.98 Å². The second kappa shape index (κ2) is 3.37. The molecule has 0 atom stereocenters. The fourth-order valence-corrected chi connectivity index (χ4v) is 1.99. The van der Waals surface area contributed by atoms with Crippen molar-refractivity contribution in [3.8, 4) is 5.75 Å². The molecule has 3 heteroatoms. The molecular weight excluding hydrogens is 202 g/mol. The Bertz CT molecular complexity index is 591. The van der Waals surface area contributed by atoms with Crippen LogP contribution in [0.15, 0.2) is 29.1 Å². The quantitative estimate of drug-likeness (QED) is 0.712. The first-order valence-corrected chi connectivity index (χ1v) is 5.26. The SMILES string of the molecule is CC(C)(C)c1c(O)c(=O)[nH]c2ccccc12. The maximum atomic E-state index is 11.6. The number of rotatable bonds is 0. The summed E-state index contributed by atoms with van der Waals surface area (Å²) in [5.74, 6) is -0.175. The molecule has 2 aromatic rings. The van der Waals surface area contributed by atoms with Gasteiger partial charge in [-0.05, 0) is 11.5 Å². The first-order chi connectivity index (χ1) is 7.41. The van der Waals surface area contributed by atoms with E-state index in [1.54, 1.807) is 0 Å². The van der Waals surface area contributed by atoms with E-state index in [1.165, 1.54) is 0 Å². The molecule has 2 rings (SSSR count). The summed E-state index contributed by atoms with van der Waals surface area (Å²) in [5.41, 5.74) is 0.767. The third kappa shape index (κ3) is 1.58. The minimum absolute atomic E-state index is 0.175. The number of hydrogen-bond acceptors (Lipinski definition) is 2. The summed E-state index contributed by atoms with van der Waals surface area (Å²) >= 11 is 0. The zero-order valence-corrected chi connectivity index (χ0v) is 9.66. The van der Waals surface area contributed by atoms with E-state index in [1.807, 2.05) is 45.0 Å². The number of para-hydroxylation sites is 1. The molecule has 0 saturated carbocycles. The van der Waals surface area contributed by atoms with E-state index in [2.05, 4.69) is 4.98 Å². The number of hydrogen-bond donors (Lipinski definition) is 2. The van der Waals surface area contributed by atoms with Crippen LogP contribution in [-0.4, -0.2) is 10.1 Å². The van der Waals surface area contributed by atoms with Gasteiger partial charge in [-0.15, -0.1) is 0 Å². The van der Waals surface area contributed by atoms with Gasteiger partial charge in [0.2, 0.25) is 0 Å². The number of aromatic nitrogens is 1. The molecule has 0 bridgehead atoms. The zero-order chi connectivity index (χ0) is 11.9. The van der Waals surface area contributed by atoms with Gasteiger partial charge in [-0.1, -0.05) is 39.0 Å². The molecule has 2 N–H and O–H groups in total. The molecule has 0 saturated heterocycles. The molecule has 0 radical (unpaired) electrons.